The average molecular weight is 281 g/mol. The van der Waals surface area contributed by atoms with Crippen LogP contribution >= 0.6 is 0 Å². The zero-order chi connectivity index (χ0) is 14.0. The highest BCUT2D eigenvalue weighted by molar-refractivity contribution is 7.88. The molecule has 0 atom stereocenters. The third-order valence-electron chi connectivity index (χ3n) is 3.02. The highest BCUT2D eigenvalue weighted by Crippen LogP contribution is 2.21. The number of anilines is 2. The highest BCUT2D eigenvalue weighted by atomic mass is 32.2. The molecule has 2 N–H and O–H groups in total. The van der Waals surface area contributed by atoms with E-state index >= 15 is 0 Å². The smallest absolute Gasteiger partial charge is 0.211 e. The largest absolute Gasteiger partial charge is 0.397 e. The Morgan fingerprint density at radius 2 is 2.00 bits per heavy atom. The Kier molecular flexibility index (Phi) is 3.59. The quantitative estimate of drug-likeness (QED) is 0.792. The van der Waals surface area contributed by atoms with E-state index in [4.69, 9.17) is 11.0 Å². The lowest BCUT2D eigenvalue weighted by Gasteiger charge is -2.34. The third kappa shape index (κ3) is 2.94. The maximum absolute atomic E-state index is 11.4. The topological polar surface area (TPSA) is 103 Å². The van der Waals surface area contributed by atoms with Crippen LogP contribution in [0.4, 0.5) is 11.5 Å². The number of sulfonamides is 1. The summed E-state index contributed by atoms with van der Waals surface area (Å²) in [6.07, 6.45) is 2.70. The lowest BCUT2D eigenvalue weighted by molar-refractivity contribution is 0.387. The van der Waals surface area contributed by atoms with E-state index in [1.165, 1.54) is 16.8 Å². The van der Waals surface area contributed by atoms with Crippen molar-refractivity contribution in [3.63, 3.8) is 0 Å². The van der Waals surface area contributed by atoms with Gasteiger partial charge in [-0.05, 0) is 6.07 Å². The lowest BCUT2D eigenvalue weighted by Crippen LogP contribution is -2.48. The van der Waals surface area contributed by atoms with Gasteiger partial charge in [-0.1, -0.05) is 0 Å². The molecule has 1 aliphatic rings. The normalized spacial score (nSPS) is 17.2. The molecule has 0 amide bonds. The Morgan fingerprint density at radius 1 is 1.37 bits per heavy atom. The molecule has 1 saturated heterocycles. The van der Waals surface area contributed by atoms with E-state index in [-0.39, 0.29) is 0 Å². The van der Waals surface area contributed by atoms with Gasteiger partial charge in [0.25, 0.3) is 0 Å². The monoisotopic (exact) mass is 281 g/mol. The van der Waals surface area contributed by atoms with Gasteiger partial charge in [0, 0.05) is 26.2 Å². The maximum Gasteiger partial charge on any atom is 0.211 e. The van der Waals surface area contributed by atoms with Crippen LogP contribution in [0, 0.1) is 11.3 Å². The summed E-state index contributed by atoms with van der Waals surface area (Å²) in [4.78, 5) is 6.07. The Labute approximate surface area is 112 Å². The van der Waals surface area contributed by atoms with Crippen molar-refractivity contribution in [3.05, 3.63) is 17.8 Å². The third-order valence-corrected chi connectivity index (χ3v) is 4.32. The minimum Gasteiger partial charge on any atom is -0.397 e. The number of hydrogen-bond donors (Lipinski definition) is 1. The second-order valence-corrected chi connectivity index (χ2v) is 6.38. The zero-order valence-electron chi connectivity index (χ0n) is 10.6. The number of aromatic nitrogens is 1. The molecule has 0 radical (unpaired) electrons. The fraction of sp³-hybridized carbons (Fsp3) is 0.455. The van der Waals surface area contributed by atoms with E-state index in [1.807, 2.05) is 4.90 Å². The predicted molar refractivity (Wildman–Crippen MR) is 72.0 cm³/mol. The number of nitrogens with two attached hydrogens (primary N) is 1. The molecule has 0 bridgehead atoms. The Hall–Kier alpha value is -1.85. The number of nitrogens with zero attached hydrogens (tertiary/aromatic N) is 4. The summed E-state index contributed by atoms with van der Waals surface area (Å²) in [5, 5.41) is 9.08. The summed E-state index contributed by atoms with van der Waals surface area (Å²) >= 11 is 0. The van der Waals surface area contributed by atoms with E-state index in [0.29, 0.717) is 43.2 Å². The lowest BCUT2D eigenvalue weighted by atomic mass is 10.2. The van der Waals surface area contributed by atoms with Crippen molar-refractivity contribution in [1.82, 2.24) is 9.29 Å². The fourth-order valence-electron chi connectivity index (χ4n) is 2.04. The first-order valence-corrected chi connectivity index (χ1v) is 7.62. The molecule has 0 aromatic carbocycles. The van der Waals surface area contributed by atoms with E-state index < -0.39 is 10.0 Å². The van der Waals surface area contributed by atoms with E-state index in [1.54, 1.807) is 6.07 Å². The first kappa shape index (κ1) is 13.6. The van der Waals surface area contributed by atoms with Gasteiger partial charge in [0.15, 0.2) is 0 Å². The summed E-state index contributed by atoms with van der Waals surface area (Å²) in [6.45, 7) is 1.82. The number of rotatable bonds is 2. The van der Waals surface area contributed by atoms with Crippen LogP contribution in [0.1, 0.15) is 5.56 Å². The Bertz CT molecular complexity index is 614. The number of hydrogen-bond acceptors (Lipinski definition) is 6. The summed E-state index contributed by atoms with van der Waals surface area (Å²) in [5.41, 5.74) is 6.44. The number of pyridine rings is 1. The Balaban J connectivity index is 2.17. The van der Waals surface area contributed by atoms with Gasteiger partial charge in [-0.25, -0.2) is 13.4 Å². The van der Waals surface area contributed by atoms with Gasteiger partial charge in [0.1, 0.15) is 11.9 Å². The van der Waals surface area contributed by atoms with Crippen molar-refractivity contribution >= 4 is 21.5 Å². The molecule has 0 aliphatic carbocycles. The van der Waals surface area contributed by atoms with Crippen molar-refractivity contribution in [1.29, 1.82) is 5.26 Å². The SMILES string of the molecule is CS(=O)(=O)N1CCN(c2ncc(N)cc2C#N)CC1. The van der Waals surface area contributed by atoms with Gasteiger partial charge in [0.05, 0.1) is 23.7 Å². The van der Waals surface area contributed by atoms with E-state index in [2.05, 4.69) is 11.1 Å². The molecule has 8 heteroatoms. The second kappa shape index (κ2) is 5.03. The van der Waals surface area contributed by atoms with Crippen molar-refractivity contribution in [3.8, 4) is 6.07 Å². The molecule has 19 heavy (non-hydrogen) atoms. The molecule has 0 saturated carbocycles. The van der Waals surface area contributed by atoms with Gasteiger partial charge >= 0.3 is 0 Å². The Morgan fingerprint density at radius 3 is 2.53 bits per heavy atom. The molecule has 0 spiro atoms. The molecule has 1 aromatic rings. The average Bonchev–Trinajstić information content (AvgIpc) is 2.37. The maximum atomic E-state index is 11.4. The van der Waals surface area contributed by atoms with Crippen molar-refractivity contribution in [2.45, 2.75) is 0 Å². The van der Waals surface area contributed by atoms with Gasteiger partial charge in [-0.2, -0.15) is 9.57 Å². The van der Waals surface area contributed by atoms with E-state index in [9.17, 15) is 8.42 Å². The standard InChI is InChI=1S/C11H15N5O2S/c1-19(17,18)16-4-2-15(3-5-16)11-9(7-12)6-10(13)8-14-11/h6,8H,2-5,13H2,1H3. The first-order valence-electron chi connectivity index (χ1n) is 5.77. The molecule has 1 aliphatic heterocycles. The molecular formula is C11H15N5O2S. The van der Waals surface area contributed by atoms with Gasteiger partial charge in [-0.15, -0.1) is 0 Å². The van der Waals surface area contributed by atoms with Crippen LogP contribution in [0.2, 0.25) is 0 Å². The van der Waals surface area contributed by atoms with Crippen LogP contribution in [0.5, 0.6) is 0 Å². The summed E-state index contributed by atoms with van der Waals surface area (Å²) < 4.78 is 24.3. The first-order chi connectivity index (χ1) is 8.91. The van der Waals surface area contributed by atoms with Crippen molar-refractivity contribution < 1.29 is 8.42 Å². The minimum atomic E-state index is -3.15. The second-order valence-electron chi connectivity index (χ2n) is 4.40. The van der Waals surface area contributed by atoms with Crippen LogP contribution in [-0.4, -0.2) is 50.1 Å². The summed E-state index contributed by atoms with van der Waals surface area (Å²) in [6, 6.07) is 3.63. The van der Waals surface area contributed by atoms with Crippen LogP contribution in [0.15, 0.2) is 12.3 Å². The molecule has 102 valence electrons. The molecule has 7 nitrogen and oxygen atoms in total. The van der Waals surface area contributed by atoms with Crippen LogP contribution in [0.25, 0.3) is 0 Å². The molecule has 2 heterocycles. The van der Waals surface area contributed by atoms with Crippen molar-refractivity contribution in [2.75, 3.05) is 43.1 Å². The molecule has 1 aromatic heterocycles. The van der Waals surface area contributed by atoms with Gasteiger partial charge in [-0.3, -0.25) is 0 Å². The summed E-state index contributed by atoms with van der Waals surface area (Å²) in [7, 11) is -3.15. The molecule has 2 rings (SSSR count). The number of piperazine rings is 1. The number of nitriles is 1. The van der Waals surface area contributed by atoms with E-state index in [0.717, 1.165) is 0 Å². The molecular weight excluding hydrogens is 266 g/mol. The minimum absolute atomic E-state index is 0.399. The van der Waals surface area contributed by atoms with Gasteiger partial charge in [0.2, 0.25) is 10.0 Å². The zero-order valence-corrected chi connectivity index (χ0v) is 11.4. The number of nitrogen functional groups attached to an aromatic ring is 1. The van der Waals surface area contributed by atoms with Crippen LogP contribution < -0.4 is 10.6 Å². The molecule has 0 unspecified atom stereocenters. The molecule has 1 fully saturated rings. The fourth-order valence-corrected chi connectivity index (χ4v) is 2.87. The summed E-state index contributed by atoms with van der Waals surface area (Å²) in [5.74, 6) is 0.560. The van der Waals surface area contributed by atoms with Crippen LogP contribution in [0.3, 0.4) is 0 Å². The van der Waals surface area contributed by atoms with Crippen molar-refractivity contribution in [2.24, 2.45) is 0 Å². The predicted octanol–water partition coefficient (Wildman–Crippen LogP) is -0.383. The van der Waals surface area contributed by atoms with Gasteiger partial charge < -0.3 is 10.6 Å². The van der Waals surface area contributed by atoms with Crippen LogP contribution in [-0.2, 0) is 10.0 Å². The highest BCUT2D eigenvalue weighted by Gasteiger charge is 2.25.